The Morgan fingerprint density at radius 2 is 1.85 bits per heavy atom. The Morgan fingerprint density at radius 1 is 1.12 bits per heavy atom. The molecule has 1 aliphatic heterocycles. The molecule has 1 heterocycles. The number of benzene rings is 2. The van der Waals surface area contributed by atoms with Gasteiger partial charge in [-0.3, -0.25) is 9.59 Å². The Morgan fingerprint density at radius 3 is 2.54 bits per heavy atom. The molecule has 0 saturated carbocycles. The fraction of sp³-hybridized carbons (Fsp3) is 0.250. The second-order valence-electron chi connectivity index (χ2n) is 6.18. The second kappa shape index (κ2) is 7.39. The average molecular weight is 352 g/mol. The van der Waals surface area contributed by atoms with E-state index in [0.29, 0.717) is 17.8 Å². The maximum atomic E-state index is 12.8. The van der Waals surface area contributed by atoms with Crippen LogP contribution in [0, 0.1) is 5.92 Å². The summed E-state index contributed by atoms with van der Waals surface area (Å²) in [7, 11) is 3.02. The number of hydrogen-bond acceptors (Lipinski definition) is 4. The predicted octanol–water partition coefficient (Wildman–Crippen LogP) is 2.49. The summed E-state index contributed by atoms with van der Waals surface area (Å²) in [5.74, 6) is -1.12. The minimum absolute atomic E-state index is 0.101. The highest BCUT2D eigenvalue weighted by atomic mass is 16.5. The SMILES string of the molecule is COC(=O)c1cccc(N2CC(C(=O)N(C)c3ccccc3)CC2=O)c1. The normalized spacial score (nSPS) is 16.5. The largest absolute Gasteiger partial charge is 0.465 e. The summed E-state index contributed by atoms with van der Waals surface area (Å²) >= 11 is 0. The van der Waals surface area contributed by atoms with Gasteiger partial charge in [0.2, 0.25) is 11.8 Å². The average Bonchev–Trinajstić information content (AvgIpc) is 3.08. The molecule has 1 aliphatic rings. The first-order valence-electron chi connectivity index (χ1n) is 8.32. The van der Waals surface area contributed by atoms with E-state index in [1.54, 1.807) is 41.1 Å². The summed E-state index contributed by atoms with van der Waals surface area (Å²) in [4.78, 5) is 40.0. The van der Waals surface area contributed by atoms with Crippen LogP contribution in [0.4, 0.5) is 11.4 Å². The molecular weight excluding hydrogens is 332 g/mol. The smallest absolute Gasteiger partial charge is 0.337 e. The number of methoxy groups -OCH3 is 1. The first-order valence-corrected chi connectivity index (χ1v) is 8.32. The lowest BCUT2D eigenvalue weighted by Crippen LogP contribution is -2.34. The summed E-state index contributed by atoms with van der Waals surface area (Å²) in [6.45, 7) is 0.291. The van der Waals surface area contributed by atoms with Crippen LogP contribution in [0.1, 0.15) is 16.8 Å². The molecule has 134 valence electrons. The van der Waals surface area contributed by atoms with Crippen molar-refractivity contribution in [3.63, 3.8) is 0 Å². The van der Waals surface area contributed by atoms with E-state index in [1.165, 1.54) is 7.11 Å². The maximum Gasteiger partial charge on any atom is 0.337 e. The Balaban J connectivity index is 1.76. The minimum atomic E-state index is -0.463. The van der Waals surface area contributed by atoms with E-state index in [4.69, 9.17) is 4.74 Å². The molecule has 0 aliphatic carbocycles. The van der Waals surface area contributed by atoms with Gasteiger partial charge in [-0.1, -0.05) is 24.3 Å². The third kappa shape index (κ3) is 3.44. The lowest BCUT2D eigenvalue weighted by atomic mass is 10.1. The molecule has 0 bridgehead atoms. The van der Waals surface area contributed by atoms with E-state index in [1.807, 2.05) is 30.3 Å². The van der Waals surface area contributed by atoms with Gasteiger partial charge in [0.25, 0.3) is 0 Å². The van der Waals surface area contributed by atoms with Crippen molar-refractivity contribution in [1.29, 1.82) is 0 Å². The zero-order valence-electron chi connectivity index (χ0n) is 14.7. The molecule has 0 aromatic heterocycles. The van der Waals surface area contributed by atoms with Gasteiger partial charge in [-0.05, 0) is 30.3 Å². The Hall–Kier alpha value is -3.15. The number of carbonyl (C=O) groups is 3. The van der Waals surface area contributed by atoms with E-state index in [-0.39, 0.29) is 18.2 Å². The van der Waals surface area contributed by atoms with Crippen LogP contribution in [-0.2, 0) is 14.3 Å². The number of hydrogen-bond donors (Lipinski definition) is 0. The molecule has 1 saturated heterocycles. The van der Waals surface area contributed by atoms with Crippen molar-refractivity contribution < 1.29 is 19.1 Å². The molecule has 6 nitrogen and oxygen atoms in total. The van der Waals surface area contributed by atoms with Gasteiger partial charge < -0.3 is 14.5 Å². The number of amides is 2. The highest BCUT2D eigenvalue weighted by Crippen LogP contribution is 2.28. The molecular formula is C20H20N2O4. The molecule has 3 rings (SSSR count). The van der Waals surface area contributed by atoms with Crippen molar-refractivity contribution in [2.75, 3.05) is 30.5 Å². The van der Waals surface area contributed by atoms with Crippen LogP contribution in [0.15, 0.2) is 54.6 Å². The van der Waals surface area contributed by atoms with Crippen molar-refractivity contribution in [3.8, 4) is 0 Å². The Bertz CT molecular complexity index is 835. The number of ether oxygens (including phenoxy) is 1. The van der Waals surface area contributed by atoms with Crippen LogP contribution < -0.4 is 9.80 Å². The highest BCUT2D eigenvalue weighted by Gasteiger charge is 2.36. The zero-order valence-corrected chi connectivity index (χ0v) is 14.7. The number of carbonyl (C=O) groups excluding carboxylic acids is 3. The summed E-state index contributed by atoms with van der Waals surface area (Å²) in [6.07, 6.45) is 0.151. The van der Waals surface area contributed by atoms with Gasteiger partial charge in [-0.15, -0.1) is 0 Å². The van der Waals surface area contributed by atoms with Gasteiger partial charge in [0.05, 0.1) is 18.6 Å². The van der Waals surface area contributed by atoms with Gasteiger partial charge in [-0.25, -0.2) is 4.79 Å². The van der Waals surface area contributed by atoms with Gasteiger partial charge in [0.1, 0.15) is 0 Å². The summed E-state index contributed by atoms with van der Waals surface area (Å²) in [6, 6.07) is 16.0. The van der Waals surface area contributed by atoms with Gasteiger partial charge in [-0.2, -0.15) is 0 Å². The molecule has 0 N–H and O–H groups in total. The third-order valence-corrected chi connectivity index (χ3v) is 4.53. The summed E-state index contributed by atoms with van der Waals surface area (Å²) < 4.78 is 4.72. The molecule has 0 spiro atoms. The van der Waals surface area contributed by atoms with Crippen molar-refractivity contribution in [1.82, 2.24) is 0 Å². The molecule has 1 unspecified atom stereocenters. The van der Waals surface area contributed by atoms with Crippen LogP contribution >= 0.6 is 0 Å². The van der Waals surface area contributed by atoms with E-state index in [2.05, 4.69) is 0 Å². The van der Waals surface area contributed by atoms with Crippen LogP contribution in [-0.4, -0.2) is 38.5 Å². The second-order valence-corrected chi connectivity index (χ2v) is 6.18. The first-order chi connectivity index (χ1) is 12.5. The number of rotatable bonds is 4. The van der Waals surface area contributed by atoms with Gasteiger partial charge >= 0.3 is 5.97 Å². The standard InChI is InChI=1S/C20H20N2O4/c1-21(16-8-4-3-5-9-16)19(24)15-12-18(23)22(13-15)17-10-6-7-14(11-17)20(25)26-2/h3-11,15H,12-13H2,1-2H3. The molecule has 1 atom stereocenters. The fourth-order valence-corrected chi connectivity index (χ4v) is 3.09. The van der Waals surface area contributed by atoms with Crippen molar-refractivity contribution >= 4 is 29.2 Å². The van der Waals surface area contributed by atoms with Gasteiger partial charge in [0.15, 0.2) is 0 Å². The Labute approximate surface area is 152 Å². The quantitative estimate of drug-likeness (QED) is 0.793. The molecule has 6 heteroatoms. The highest BCUT2D eigenvalue weighted by molar-refractivity contribution is 6.04. The van der Waals surface area contributed by atoms with E-state index in [0.717, 1.165) is 5.69 Å². The third-order valence-electron chi connectivity index (χ3n) is 4.53. The number of esters is 1. The topological polar surface area (TPSA) is 66.9 Å². The van der Waals surface area contributed by atoms with Gasteiger partial charge in [0, 0.05) is 31.4 Å². The first kappa shape index (κ1) is 17.7. The zero-order chi connectivity index (χ0) is 18.7. The minimum Gasteiger partial charge on any atom is -0.465 e. The predicted molar refractivity (Wildman–Crippen MR) is 98.1 cm³/mol. The molecule has 26 heavy (non-hydrogen) atoms. The molecule has 0 radical (unpaired) electrons. The Kier molecular flexibility index (Phi) is 5.02. The maximum absolute atomic E-state index is 12.8. The monoisotopic (exact) mass is 352 g/mol. The molecule has 2 aromatic rings. The summed E-state index contributed by atoms with van der Waals surface area (Å²) in [5.41, 5.74) is 1.75. The van der Waals surface area contributed by atoms with E-state index in [9.17, 15) is 14.4 Å². The van der Waals surface area contributed by atoms with Crippen LogP contribution in [0.3, 0.4) is 0 Å². The summed E-state index contributed by atoms with van der Waals surface area (Å²) in [5, 5.41) is 0. The van der Waals surface area contributed by atoms with Crippen LogP contribution in [0.25, 0.3) is 0 Å². The van der Waals surface area contributed by atoms with E-state index >= 15 is 0 Å². The van der Waals surface area contributed by atoms with Crippen molar-refractivity contribution in [3.05, 3.63) is 60.2 Å². The van der Waals surface area contributed by atoms with E-state index < -0.39 is 11.9 Å². The number of anilines is 2. The molecule has 2 amide bonds. The lowest BCUT2D eigenvalue weighted by Gasteiger charge is -2.21. The fourth-order valence-electron chi connectivity index (χ4n) is 3.09. The van der Waals surface area contributed by atoms with Crippen LogP contribution in [0.2, 0.25) is 0 Å². The lowest BCUT2D eigenvalue weighted by molar-refractivity contribution is -0.124. The molecule has 2 aromatic carbocycles. The van der Waals surface area contributed by atoms with Crippen LogP contribution in [0.5, 0.6) is 0 Å². The van der Waals surface area contributed by atoms with Crippen molar-refractivity contribution in [2.45, 2.75) is 6.42 Å². The number of nitrogens with zero attached hydrogens (tertiary/aromatic N) is 2. The van der Waals surface area contributed by atoms with Crippen molar-refractivity contribution in [2.24, 2.45) is 5.92 Å². The molecule has 1 fully saturated rings. The number of para-hydroxylation sites is 1.